The Hall–Kier alpha value is -1.26. The van der Waals surface area contributed by atoms with Crippen molar-refractivity contribution in [2.45, 2.75) is 39.7 Å². The number of benzene rings is 1. The molecule has 0 saturated heterocycles. The molecule has 1 aromatic heterocycles. The van der Waals surface area contributed by atoms with Crippen molar-refractivity contribution in [2.24, 2.45) is 0 Å². The van der Waals surface area contributed by atoms with E-state index >= 15 is 0 Å². The minimum atomic E-state index is 0.178. The molecule has 4 heteroatoms. The number of aryl methyl sites for hydroxylation is 1. The first-order valence-electron chi connectivity index (χ1n) is 6.61. The Morgan fingerprint density at radius 1 is 1.21 bits per heavy atom. The topological polar surface area (TPSA) is 37.8 Å². The highest BCUT2D eigenvalue weighted by atomic mass is 32.1. The molecule has 0 spiro atoms. The van der Waals surface area contributed by atoms with Crippen molar-refractivity contribution < 1.29 is 0 Å². The van der Waals surface area contributed by atoms with Crippen LogP contribution in [0.25, 0.3) is 0 Å². The zero-order valence-electron chi connectivity index (χ0n) is 12.2. The van der Waals surface area contributed by atoms with Gasteiger partial charge in [0.25, 0.3) is 0 Å². The van der Waals surface area contributed by atoms with Gasteiger partial charge >= 0.3 is 0 Å². The minimum absolute atomic E-state index is 0.178. The van der Waals surface area contributed by atoms with Gasteiger partial charge < -0.3 is 5.32 Å². The summed E-state index contributed by atoms with van der Waals surface area (Å²) in [6.45, 7) is 8.66. The molecule has 1 atom stereocenters. The Balaban J connectivity index is 2.50. The molecule has 0 amide bonds. The maximum Gasteiger partial charge on any atom is 0.0832 e. The summed E-state index contributed by atoms with van der Waals surface area (Å²) in [6, 6.07) is 6.64. The SMILES string of the molecule is CNC(c1cccc(C)c1C)c1snnc1C(C)C. The van der Waals surface area contributed by atoms with Gasteiger partial charge in [-0.05, 0) is 55.0 Å². The van der Waals surface area contributed by atoms with Gasteiger partial charge in [-0.25, -0.2) is 0 Å². The summed E-state index contributed by atoms with van der Waals surface area (Å²) >= 11 is 1.50. The number of rotatable bonds is 4. The van der Waals surface area contributed by atoms with Crippen LogP contribution in [-0.2, 0) is 0 Å². The van der Waals surface area contributed by atoms with Crippen molar-refractivity contribution in [3.8, 4) is 0 Å². The molecule has 1 aromatic carbocycles. The molecule has 1 unspecified atom stereocenters. The predicted molar refractivity (Wildman–Crippen MR) is 80.8 cm³/mol. The van der Waals surface area contributed by atoms with E-state index in [2.05, 4.69) is 60.8 Å². The van der Waals surface area contributed by atoms with Gasteiger partial charge in [0.2, 0.25) is 0 Å². The Labute approximate surface area is 119 Å². The Morgan fingerprint density at radius 2 is 1.95 bits per heavy atom. The van der Waals surface area contributed by atoms with E-state index in [1.807, 2.05) is 7.05 Å². The van der Waals surface area contributed by atoms with Crippen LogP contribution in [0.5, 0.6) is 0 Å². The Morgan fingerprint density at radius 3 is 2.58 bits per heavy atom. The lowest BCUT2D eigenvalue weighted by Crippen LogP contribution is -2.19. The fourth-order valence-corrected chi connectivity index (χ4v) is 3.26. The predicted octanol–water partition coefficient (Wildman–Crippen LogP) is 3.59. The average molecular weight is 275 g/mol. The smallest absolute Gasteiger partial charge is 0.0832 e. The lowest BCUT2D eigenvalue weighted by atomic mass is 9.94. The second-order valence-electron chi connectivity index (χ2n) is 5.19. The summed E-state index contributed by atoms with van der Waals surface area (Å²) in [5, 5.41) is 7.71. The molecule has 1 heterocycles. The fraction of sp³-hybridized carbons (Fsp3) is 0.467. The summed E-state index contributed by atoms with van der Waals surface area (Å²) in [5.74, 6) is 0.398. The summed E-state index contributed by atoms with van der Waals surface area (Å²) in [4.78, 5) is 1.23. The molecule has 2 aromatic rings. The molecule has 102 valence electrons. The first-order chi connectivity index (χ1) is 9.06. The molecule has 0 aliphatic heterocycles. The Kier molecular flexibility index (Phi) is 4.32. The normalized spacial score (nSPS) is 12.9. The van der Waals surface area contributed by atoms with Crippen LogP contribution in [0.2, 0.25) is 0 Å². The highest BCUT2D eigenvalue weighted by Crippen LogP contribution is 2.32. The van der Waals surface area contributed by atoms with Crippen LogP contribution in [0, 0.1) is 13.8 Å². The number of aromatic nitrogens is 2. The van der Waals surface area contributed by atoms with Crippen molar-refractivity contribution in [1.29, 1.82) is 0 Å². The molecule has 0 bridgehead atoms. The van der Waals surface area contributed by atoms with Gasteiger partial charge in [-0.2, -0.15) is 0 Å². The average Bonchev–Trinajstić information content (AvgIpc) is 2.85. The van der Waals surface area contributed by atoms with Crippen molar-refractivity contribution in [1.82, 2.24) is 14.9 Å². The largest absolute Gasteiger partial charge is 0.309 e. The first kappa shape index (κ1) is 14.2. The molecular formula is C15H21N3S. The molecule has 1 N–H and O–H groups in total. The third-order valence-electron chi connectivity index (χ3n) is 3.60. The lowest BCUT2D eigenvalue weighted by molar-refractivity contribution is 0.674. The zero-order valence-corrected chi connectivity index (χ0v) is 13.0. The van der Waals surface area contributed by atoms with Crippen LogP contribution in [0.3, 0.4) is 0 Å². The van der Waals surface area contributed by atoms with Crippen molar-refractivity contribution >= 4 is 11.5 Å². The summed E-state index contributed by atoms with van der Waals surface area (Å²) in [6.07, 6.45) is 0. The van der Waals surface area contributed by atoms with Crippen LogP contribution < -0.4 is 5.32 Å². The van der Waals surface area contributed by atoms with E-state index < -0.39 is 0 Å². The van der Waals surface area contributed by atoms with Gasteiger partial charge in [0.15, 0.2) is 0 Å². The molecule has 0 saturated carbocycles. The van der Waals surface area contributed by atoms with Crippen LogP contribution in [0.15, 0.2) is 18.2 Å². The monoisotopic (exact) mass is 275 g/mol. The third-order valence-corrected chi connectivity index (χ3v) is 4.40. The maximum atomic E-state index is 4.29. The molecule has 19 heavy (non-hydrogen) atoms. The molecule has 0 radical (unpaired) electrons. The van der Waals surface area contributed by atoms with Gasteiger partial charge in [0.1, 0.15) is 0 Å². The molecule has 3 nitrogen and oxygen atoms in total. The quantitative estimate of drug-likeness (QED) is 0.926. The number of hydrogen-bond donors (Lipinski definition) is 1. The lowest BCUT2D eigenvalue weighted by Gasteiger charge is -2.20. The van der Waals surface area contributed by atoms with Crippen LogP contribution >= 0.6 is 11.5 Å². The standard InChI is InChI=1S/C15H21N3S/c1-9(2)13-15(19-18-17-13)14(16-5)12-8-6-7-10(3)11(12)4/h6-9,14,16H,1-5H3. The van der Waals surface area contributed by atoms with E-state index in [1.54, 1.807) is 0 Å². The van der Waals surface area contributed by atoms with Gasteiger partial charge in [0, 0.05) is 0 Å². The van der Waals surface area contributed by atoms with E-state index in [0.29, 0.717) is 5.92 Å². The molecule has 0 fully saturated rings. The van der Waals surface area contributed by atoms with E-state index in [4.69, 9.17) is 0 Å². The van der Waals surface area contributed by atoms with Crippen LogP contribution in [-0.4, -0.2) is 16.6 Å². The fourth-order valence-electron chi connectivity index (χ4n) is 2.32. The van der Waals surface area contributed by atoms with E-state index in [9.17, 15) is 0 Å². The zero-order chi connectivity index (χ0) is 14.0. The van der Waals surface area contributed by atoms with Gasteiger partial charge in [-0.15, -0.1) is 5.10 Å². The summed E-state index contributed by atoms with van der Waals surface area (Å²) < 4.78 is 4.14. The van der Waals surface area contributed by atoms with Crippen molar-refractivity contribution in [3.63, 3.8) is 0 Å². The summed E-state index contributed by atoms with van der Waals surface area (Å²) in [7, 11) is 2.00. The van der Waals surface area contributed by atoms with Crippen LogP contribution in [0.1, 0.15) is 53.1 Å². The third kappa shape index (κ3) is 2.69. The van der Waals surface area contributed by atoms with Crippen molar-refractivity contribution in [2.75, 3.05) is 7.05 Å². The number of nitrogens with zero attached hydrogens (tertiary/aromatic N) is 2. The number of hydrogen-bond acceptors (Lipinski definition) is 4. The summed E-state index contributed by atoms with van der Waals surface area (Å²) in [5.41, 5.74) is 5.08. The van der Waals surface area contributed by atoms with Gasteiger partial charge in [-0.1, -0.05) is 36.5 Å². The number of nitrogens with one attached hydrogen (secondary N) is 1. The van der Waals surface area contributed by atoms with Crippen molar-refractivity contribution in [3.05, 3.63) is 45.5 Å². The Bertz CT molecular complexity index is 560. The molecular weight excluding hydrogens is 254 g/mol. The van der Waals surface area contributed by atoms with Gasteiger partial charge in [0.05, 0.1) is 16.6 Å². The van der Waals surface area contributed by atoms with E-state index in [0.717, 1.165) is 5.69 Å². The molecule has 0 aliphatic carbocycles. The highest BCUT2D eigenvalue weighted by Gasteiger charge is 2.22. The first-order valence-corrected chi connectivity index (χ1v) is 7.39. The van der Waals surface area contributed by atoms with Gasteiger partial charge in [-0.3, -0.25) is 0 Å². The minimum Gasteiger partial charge on any atom is -0.309 e. The maximum absolute atomic E-state index is 4.29. The second kappa shape index (κ2) is 5.80. The second-order valence-corrected chi connectivity index (χ2v) is 5.97. The molecule has 0 aliphatic rings. The highest BCUT2D eigenvalue weighted by molar-refractivity contribution is 7.05. The van der Waals surface area contributed by atoms with E-state index in [1.165, 1.54) is 33.1 Å². The molecule has 2 rings (SSSR count). The van der Waals surface area contributed by atoms with E-state index in [-0.39, 0.29) is 6.04 Å². The van der Waals surface area contributed by atoms with Crippen LogP contribution in [0.4, 0.5) is 0 Å².